The van der Waals surface area contributed by atoms with Gasteiger partial charge in [0.05, 0.1) is 0 Å². The number of rotatable bonds is 3. The van der Waals surface area contributed by atoms with Crippen LogP contribution in [-0.2, 0) is 0 Å². The zero-order valence-electron chi connectivity index (χ0n) is 13.6. The van der Waals surface area contributed by atoms with E-state index in [1.54, 1.807) is 11.1 Å². The topological polar surface area (TPSA) is 3.24 Å². The van der Waals surface area contributed by atoms with Gasteiger partial charge in [-0.25, -0.2) is 0 Å². The third-order valence-electron chi connectivity index (χ3n) is 5.12. The molecule has 1 nitrogen and oxygen atoms in total. The van der Waals surface area contributed by atoms with Gasteiger partial charge < -0.3 is 4.90 Å². The Morgan fingerprint density at radius 2 is 1.91 bits per heavy atom. The predicted octanol–water partition coefficient (Wildman–Crippen LogP) is 5.38. The summed E-state index contributed by atoms with van der Waals surface area (Å²) in [7, 11) is 4.39. The van der Waals surface area contributed by atoms with Crippen molar-refractivity contribution >= 4 is 39.4 Å². The first kappa shape index (κ1) is 16.0. The smallest absolute Gasteiger partial charge is 0.0345 e. The van der Waals surface area contributed by atoms with Crippen LogP contribution in [0.1, 0.15) is 29.7 Å². The van der Waals surface area contributed by atoms with Crippen molar-refractivity contribution in [3.63, 3.8) is 0 Å². The highest BCUT2D eigenvalue weighted by Crippen LogP contribution is 2.52. The summed E-state index contributed by atoms with van der Waals surface area (Å²) in [5.41, 5.74) is 4.90. The quantitative estimate of drug-likeness (QED) is 0.729. The normalized spacial score (nSPS) is 23.6. The van der Waals surface area contributed by atoms with Crippen LogP contribution in [0, 0.1) is 18.8 Å². The van der Waals surface area contributed by atoms with Crippen LogP contribution >= 0.6 is 23.7 Å². The molecule has 2 aliphatic carbocycles. The SMILES string of the molecule is Cc1cc2cc(C3=C(CN(C)C)C4CCC3C4)ccc2s1.Cl. The fourth-order valence-corrected chi connectivity index (χ4v) is 5.27. The molecule has 2 atom stereocenters. The van der Waals surface area contributed by atoms with E-state index in [-0.39, 0.29) is 12.4 Å². The van der Waals surface area contributed by atoms with E-state index in [1.165, 1.54) is 39.8 Å². The maximum Gasteiger partial charge on any atom is 0.0345 e. The molecule has 0 amide bonds. The summed E-state index contributed by atoms with van der Waals surface area (Å²) in [6.07, 6.45) is 4.22. The molecule has 1 heterocycles. The summed E-state index contributed by atoms with van der Waals surface area (Å²) >= 11 is 1.91. The van der Waals surface area contributed by atoms with E-state index in [0.29, 0.717) is 0 Å². The Hall–Kier alpha value is -0.830. The van der Waals surface area contributed by atoms with E-state index in [9.17, 15) is 0 Å². The predicted molar refractivity (Wildman–Crippen MR) is 100 cm³/mol. The number of aryl methyl sites for hydroxylation is 1. The Balaban J connectivity index is 0.00000144. The van der Waals surface area contributed by atoms with Crippen LogP contribution in [0.2, 0.25) is 0 Å². The first-order chi connectivity index (χ1) is 10.1. The fraction of sp³-hybridized carbons (Fsp3) is 0.474. The second-order valence-electron chi connectivity index (χ2n) is 6.99. The van der Waals surface area contributed by atoms with Crippen molar-refractivity contribution in [1.82, 2.24) is 4.90 Å². The molecule has 0 N–H and O–H groups in total. The van der Waals surface area contributed by atoms with E-state index in [4.69, 9.17) is 0 Å². The summed E-state index contributed by atoms with van der Waals surface area (Å²) in [4.78, 5) is 3.75. The average Bonchev–Trinajstić information content (AvgIpc) is 3.09. The zero-order chi connectivity index (χ0) is 14.6. The number of fused-ring (bicyclic) bond motifs is 3. The summed E-state index contributed by atoms with van der Waals surface area (Å²) in [5.74, 6) is 1.68. The van der Waals surface area contributed by atoms with Gasteiger partial charge in [-0.3, -0.25) is 0 Å². The van der Waals surface area contributed by atoms with Gasteiger partial charge in [-0.1, -0.05) is 6.07 Å². The summed E-state index contributed by atoms with van der Waals surface area (Å²) < 4.78 is 1.43. The van der Waals surface area contributed by atoms with Crippen LogP contribution in [0.25, 0.3) is 15.7 Å². The van der Waals surface area contributed by atoms with Crippen molar-refractivity contribution in [2.45, 2.75) is 26.2 Å². The number of thiophene rings is 1. The molecule has 2 aliphatic rings. The van der Waals surface area contributed by atoms with Gasteiger partial charge in [0.1, 0.15) is 0 Å². The third-order valence-corrected chi connectivity index (χ3v) is 6.15. The zero-order valence-corrected chi connectivity index (χ0v) is 15.2. The first-order valence-electron chi connectivity index (χ1n) is 8.00. The molecule has 1 saturated carbocycles. The van der Waals surface area contributed by atoms with E-state index in [1.807, 2.05) is 11.3 Å². The minimum absolute atomic E-state index is 0. The number of nitrogens with zero attached hydrogens (tertiary/aromatic N) is 1. The van der Waals surface area contributed by atoms with Gasteiger partial charge in [-0.05, 0) is 92.4 Å². The molecule has 3 heteroatoms. The van der Waals surface area contributed by atoms with Crippen LogP contribution in [0.3, 0.4) is 0 Å². The van der Waals surface area contributed by atoms with E-state index in [2.05, 4.69) is 50.2 Å². The molecule has 0 spiro atoms. The van der Waals surface area contributed by atoms with E-state index >= 15 is 0 Å². The standard InChI is InChI=1S/C19H23NS.ClH/c1-12-8-16-10-15(6-7-18(16)21-12)19-14-5-4-13(9-14)17(19)11-20(2)3;/h6-8,10,13-14H,4-5,9,11H2,1-3H3;1H. The average molecular weight is 334 g/mol. The van der Waals surface area contributed by atoms with Gasteiger partial charge in [0.2, 0.25) is 0 Å². The Labute approximate surface area is 143 Å². The number of allylic oxidation sites excluding steroid dienone is 1. The van der Waals surface area contributed by atoms with Gasteiger partial charge in [0.15, 0.2) is 0 Å². The van der Waals surface area contributed by atoms with Crippen LogP contribution in [0.4, 0.5) is 0 Å². The van der Waals surface area contributed by atoms with Crippen molar-refractivity contribution in [2.75, 3.05) is 20.6 Å². The maximum atomic E-state index is 2.44. The largest absolute Gasteiger partial charge is 0.305 e. The molecule has 2 aromatic rings. The molecule has 4 rings (SSSR count). The van der Waals surface area contributed by atoms with Crippen molar-refractivity contribution in [1.29, 1.82) is 0 Å². The molecule has 22 heavy (non-hydrogen) atoms. The molecule has 2 unspecified atom stereocenters. The summed E-state index contributed by atoms with van der Waals surface area (Å²) in [5, 5.41) is 1.43. The monoisotopic (exact) mass is 333 g/mol. The Morgan fingerprint density at radius 1 is 1.14 bits per heavy atom. The number of hydrogen-bond acceptors (Lipinski definition) is 2. The molecule has 1 aromatic carbocycles. The number of halogens is 1. The Kier molecular flexibility index (Phi) is 4.37. The highest BCUT2D eigenvalue weighted by atomic mass is 35.5. The van der Waals surface area contributed by atoms with Crippen LogP contribution in [0.5, 0.6) is 0 Å². The van der Waals surface area contributed by atoms with Gasteiger partial charge in [-0.2, -0.15) is 0 Å². The lowest BCUT2D eigenvalue weighted by Crippen LogP contribution is -2.19. The Bertz CT molecular complexity index is 728. The molecular weight excluding hydrogens is 310 g/mol. The molecule has 1 fully saturated rings. The lowest BCUT2D eigenvalue weighted by molar-refractivity contribution is 0.423. The minimum Gasteiger partial charge on any atom is -0.305 e. The van der Waals surface area contributed by atoms with E-state index < -0.39 is 0 Å². The van der Waals surface area contributed by atoms with Gasteiger partial charge >= 0.3 is 0 Å². The van der Waals surface area contributed by atoms with Crippen molar-refractivity contribution in [2.24, 2.45) is 11.8 Å². The second-order valence-corrected chi connectivity index (χ2v) is 8.28. The molecule has 0 aliphatic heterocycles. The van der Waals surface area contributed by atoms with Crippen LogP contribution in [0.15, 0.2) is 29.8 Å². The Morgan fingerprint density at radius 3 is 2.68 bits per heavy atom. The van der Waals surface area contributed by atoms with Crippen LogP contribution in [-0.4, -0.2) is 25.5 Å². The van der Waals surface area contributed by atoms with Gasteiger partial charge in [-0.15, -0.1) is 23.7 Å². The minimum atomic E-state index is 0. The number of likely N-dealkylation sites (N-methyl/N-ethyl adjacent to an activating group) is 1. The van der Waals surface area contributed by atoms with Crippen molar-refractivity contribution in [3.8, 4) is 0 Å². The lowest BCUT2D eigenvalue weighted by Gasteiger charge is -2.23. The fourth-order valence-electron chi connectivity index (χ4n) is 4.36. The molecule has 0 radical (unpaired) electrons. The van der Waals surface area contributed by atoms with Gasteiger partial charge in [0.25, 0.3) is 0 Å². The summed E-state index contributed by atoms with van der Waals surface area (Å²) in [6.45, 7) is 3.34. The van der Waals surface area contributed by atoms with Gasteiger partial charge in [0, 0.05) is 16.1 Å². The molecule has 0 saturated heterocycles. The second kappa shape index (κ2) is 5.99. The third kappa shape index (κ3) is 2.62. The number of benzene rings is 1. The number of hydrogen-bond donors (Lipinski definition) is 0. The maximum absolute atomic E-state index is 2.44. The molecule has 2 bridgehead atoms. The summed E-state index contributed by atoms with van der Waals surface area (Å²) in [6, 6.07) is 9.46. The van der Waals surface area contributed by atoms with Crippen LogP contribution < -0.4 is 0 Å². The molecular formula is C19H24ClNS. The lowest BCUT2D eigenvalue weighted by atomic mass is 9.86. The van der Waals surface area contributed by atoms with Crippen molar-refractivity contribution in [3.05, 3.63) is 40.3 Å². The molecule has 1 aromatic heterocycles. The van der Waals surface area contributed by atoms with E-state index in [0.717, 1.165) is 18.4 Å². The molecule has 118 valence electrons. The highest BCUT2D eigenvalue weighted by Gasteiger charge is 2.39. The first-order valence-corrected chi connectivity index (χ1v) is 8.81. The highest BCUT2D eigenvalue weighted by molar-refractivity contribution is 7.19. The van der Waals surface area contributed by atoms with Crippen molar-refractivity contribution < 1.29 is 0 Å².